The highest BCUT2D eigenvalue weighted by Crippen LogP contribution is 2.15. The fourth-order valence-corrected chi connectivity index (χ4v) is 3.29. The SMILES string of the molecule is Cc1ccc(CC(=O)N2CCN(C(=O)c3ccc(F)c(F)c3)CC2)c(C)c1. The summed E-state index contributed by atoms with van der Waals surface area (Å²) in [6.07, 6.45) is 0.337. The van der Waals surface area contributed by atoms with Crippen LogP contribution in [0.3, 0.4) is 0 Å². The van der Waals surface area contributed by atoms with Crippen LogP contribution >= 0.6 is 0 Å². The van der Waals surface area contributed by atoms with E-state index in [4.69, 9.17) is 0 Å². The smallest absolute Gasteiger partial charge is 0.254 e. The predicted octanol–water partition coefficient (Wildman–Crippen LogP) is 3.11. The van der Waals surface area contributed by atoms with Crippen molar-refractivity contribution in [1.82, 2.24) is 9.80 Å². The van der Waals surface area contributed by atoms with Crippen molar-refractivity contribution >= 4 is 11.8 Å². The molecule has 0 saturated carbocycles. The van der Waals surface area contributed by atoms with E-state index in [2.05, 4.69) is 6.07 Å². The predicted molar refractivity (Wildman–Crippen MR) is 98.5 cm³/mol. The summed E-state index contributed by atoms with van der Waals surface area (Å²) in [5.41, 5.74) is 3.37. The van der Waals surface area contributed by atoms with Gasteiger partial charge in [-0.05, 0) is 43.2 Å². The third-order valence-corrected chi connectivity index (χ3v) is 4.93. The lowest BCUT2D eigenvalue weighted by atomic mass is 10.0. The molecule has 3 rings (SSSR count). The van der Waals surface area contributed by atoms with E-state index in [1.54, 1.807) is 9.80 Å². The number of halogens is 2. The number of carbonyl (C=O) groups excluding carboxylic acids is 2. The quantitative estimate of drug-likeness (QED) is 0.831. The summed E-state index contributed by atoms with van der Waals surface area (Å²) in [6.45, 7) is 5.61. The molecule has 6 heteroatoms. The molecule has 2 aromatic rings. The van der Waals surface area contributed by atoms with Gasteiger partial charge in [0.25, 0.3) is 5.91 Å². The van der Waals surface area contributed by atoms with Gasteiger partial charge in [0.2, 0.25) is 5.91 Å². The fourth-order valence-electron chi connectivity index (χ4n) is 3.29. The lowest BCUT2D eigenvalue weighted by Gasteiger charge is -2.35. The van der Waals surface area contributed by atoms with Crippen LogP contribution in [0.4, 0.5) is 8.78 Å². The highest BCUT2D eigenvalue weighted by molar-refractivity contribution is 5.94. The van der Waals surface area contributed by atoms with Crippen molar-refractivity contribution < 1.29 is 18.4 Å². The van der Waals surface area contributed by atoms with E-state index in [0.29, 0.717) is 32.6 Å². The van der Waals surface area contributed by atoms with Gasteiger partial charge < -0.3 is 9.80 Å². The van der Waals surface area contributed by atoms with E-state index in [-0.39, 0.29) is 17.4 Å². The minimum absolute atomic E-state index is 0.0295. The van der Waals surface area contributed by atoms with Gasteiger partial charge in [-0.1, -0.05) is 23.8 Å². The van der Waals surface area contributed by atoms with Crippen molar-refractivity contribution in [3.8, 4) is 0 Å². The number of nitrogens with zero attached hydrogens (tertiary/aromatic N) is 2. The van der Waals surface area contributed by atoms with Crippen molar-refractivity contribution in [3.05, 3.63) is 70.3 Å². The first-order valence-corrected chi connectivity index (χ1v) is 8.93. The lowest BCUT2D eigenvalue weighted by molar-refractivity contribution is -0.131. The molecule has 0 spiro atoms. The number of rotatable bonds is 3. The second-order valence-electron chi connectivity index (χ2n) is 6.91. The largest absolute Gasteiger partial charge is 0.339 e. The zero-order valence-corrected chi connectivity index (χ0v) is 15.5. The molecule has 0 unspecified atom stereocenters. The Bertz CT molecular complexity index is 874. The molecule has 2 amide bonds. The monoisotopic (exact) mass is 372 g/mol. The van der Waals surface area contributed by atoms with Gasteiger partial charge in [0.15, 0.2) is 11.6 Å². The van der Waals surface area contributed by atoms with E-state index in [1.807, 2.05) is 26.0 Å². The van der Waals surface area contributed by atoms with Crippen LogP contribution in [0.15, 0.2) is 36.4 Å². The second kappa shape index (κ2) is 7.86. The van der Waals surface area contributed by atoms with Crippen molar-refractivity contribution in [2.75, 3.05) is 26.2 Å². The van der Waals surface area contributed by atoms with Crippen molar-refractivity contribution in [1.29, 1.82) is 0 Å². The molecule has 0 bridgehead atoms. The Hall–Kier alpha value is -2.76. The summed E-state index contributed by atoms with van der Waals surface area (Å²) in [4.78, 5) is 28.3. The third kappa shape index (κ3) is 4.32. The lowest BCUT2D eigenvalue weighted by Crippen LogP contribution is -2.51. The van der Waals surface area contributed by atoms with Gasteiger partial charge >= 0.3 is 0 Å². The first-order valence-electron chi connectivity index (χ1n) is 8.93. The molecule has 142 valence electrons. The van der Waals surface area contributed by atoms with Gasteiger partial charge in [-0.2, -0.15) is 0 Å². The molecule has 27 heavy (non-hydrogen) atoms. The van der Waals surface area contributed by atoms with Crippen LogP contribution in [0.5, 0.6) is 0 Å². The van der Waals surface area contributed by atoms with E-state index in [1.165, 1.54) is 6.07 Å². The number of hydrogen-bond acceptors (Lipinski definition) is 2. The summed E-state index contributed by atoms with van der Waals surface area (Å²) in [5, 5.41) is 0. The molecule has 0 radical (unpaired) electrons. The van der Waals surface area contributed by atoms with Crippen LogP contribution in [0, 0.1) is 25.5 Å². The molecule has 4 nitrogen and oxygen atoms in total. The topological polar surface area (TPSA) is 40.6 Å². The van der Waals surface area contributed by atoms with Crippen molar-refractivity contribution in [2.24, 2.45) is 0 Å². The molecule has 0 aromatic heterocycles. The molecule has 0 aliphatic carbocycles. The van der Waals surface area contributed by atoms with Gasteiger partial charge in [-0.3, -0.25) is 9.59 Å². The Morgan fingerprint density at radius 3 is 2.19 bits per heavy atom. The highest BCUT2D eigenvalue weighted by atomic mass is 19.2. The Morgan fingerprint density at radius 1 is 0.889 bits per heavy atom. The number of carbonyl (C=O) groups is 2. The van der Waals surface area contributed by atoms with E-state index < -0.39 is 11.6 Å². The fraction of sp³-hybridized carbons (Fsp3) is 0.333. The zero-order valence-electron chi connectivity index (χ0n) is 15.5. The third-order valence-electron chi connectivity index (χ3n) is 4.93. The number of piperazine rings is 1. The molecule has 0 N–H and O–H groups in total. The van der Waals surface area contributed by atoms with Crippen molar-refractivity contribution in [3.63, 3.8) is 0 Å². The summed E-state index contributed by atoms with van der Waals surface area (Å²) in [7, 11) is 0. The standard InChI is InChI=1S/C21H22F2N2O2/c1-14-3-4-16(15(2)11-14)13-20(26)24-7-9-25(10-8-24)21(27)17-5-6-18(22)19(23)12-17/h3-6,11-12H,7-10,13H2,1-2H3. The van der Waals surface area contributed by atoms with Crippen LogP contribution in [0.1, 0.15) is 27.0 Å². The minimum atomic E-state index is -1.04. The summed E-state index contributed by atoms with van der Waals surface area (Å²) in [5.74, 6) is -2.34. The van der Waals surface area contributed by atoms with Crippen LogP contribution in [0.2, 0.25) is 0 Å². The van der Waals surface area contributed by atoms with Gasteiger partial charge in [0.05, 0.1) is 6.42 Å². The molecule has 1 fully saturated rings. The highest BCUT2D eigenvalue weighted by Gasteiger charge is 2.25. The molecular weight excluding hydrogens is 350 g/mol. The molecule has 1 saturated heterocycles. The average molecular weight is 372 g/mol. The Kier molecular flexibility index (Phi) is 5.54. The minimum Gasteiger partial charge on any atom is -0.339 e. The van der Waals surface area contributed by atoms with Gasteiger partial charge in [0.1, 0.15) is 0 Å². The molecule has 0 atom stereocenters. The maximum absolute atomic E-state index is 13.3. The van der Waals surface area contributed by atoms with E-state index in [0.717, 1.165) is 28.8 Å². The van der Waals surface area contributed by atoms with Crippen LogP contribution in [-0.4, -0.2) is 47.8 Å². The zero-order chi connectivity index (χ0) is 19.6. The number of hydrogen-bond donors (Lipinski definition) is 0. The molecule has 1 aliphatic rings. The molecule has 2 aromatic carbocycles. The maximum atomic E-state index is 13.3. The summed E-state index contributed by atoms with van der Waals surface area (Å²) < 4.78 is 26.4. The van der Waals surface area contributed by atoms with Crippen LogP contribution < -0.4 is 0 Å². The number of aryl methyl sites for hydroxylation is 2. The summed E-state index contributed by atoms with van der Waals surface area (Å²) in [6, 6.07) is 9.17. The Morgan fingerprint density at radius 2 is 1.56 bits per heavy atom. The average Bonchev–Trinajstić information content (AvgIpc) is 2.65. The van der Waals surface area contributed by atoms with Crippen LogP contribution in [0.25, 0.3) is 0 Å². The Balaban J connectivity index is 1.58. The normalized spacial score (nSPS) is 14.4. The second-order valence-corrected chi connectivity index (χ2v) is 6.91. The van der Waals surface area contributed by atoms with Gasteiger partial charge in [-0.25, -0.2) is 8.78 Å². The summed E-state index contributed by atoms with van der Waals surface area (Å²) >= 11 is 0. The molecule has 1 aliphatic heterocycles. The van der Waals surface area contributed by atoms with Crippen molar-refractivity contribution in [2.45, 2.75) is 20.3 Å². The van der Waals surface area contributed by atoms with Gasteiger partial charge in [-0.15, -0.1) is 0 Å². The molecular formula is C21H22F2N2O2. The first kappa shape index (κ1) is 19.0. The van der Waals surface area contributed by atoms with E-state index in [9.17, 15) is 18.4 Å². The van der Waals surface area contributed by atoms with Crippen LogP contribution in [-0.2, 0) is 11.2 Å². The van der Waals surface area contributed by atoms with Gasteiger partial charge in [0, 0.05) is 31.7 Å². The maximum Gasteiger partial charge on any atom is 0.254 e. The Labute approximate surface area is 157 Å². The number of benzene rings is 2. The number of amides is 2. The van der Waals surface area contributed by atoms with E-state index >= 15 is 0 Å². The molecule has 1 heterocycles. The first-order chi connectivity index (χ1) is 12.8.